The van der Waals surface area contributed by atoms with Gasteiger partial charge in [0.15, 0.2) is 0 Å². The number of rotatable bonds is 5. The summed E-state index contributed by atoms with van der Waals surface area (Å²) in [6.45, 7) is 16.8. The molecule has 0 aliphatic heterocycles. The van der Waals surface area contributed by atoms with Crippen LogP contribution in [0.4, 0.5) is 5.69 Å². The fourth-order valence-electron chi connectivity index (χ4n) is 2.34. The van der Waals surface area contributed by atoms with Gasteiger partial charge in [-0.25, -0.2) is 0 Å². The van der Waals surface area contributed by atoms with E-state index in [1.165, 1.54) is 22.4 Å². The van der Waals surface area contributed by atoms with Gasteiger partial charge in [-0.15, -0.1) is 0 Å². The second kappa shape index (κ2) is 6.26. The van der Waals surface area contributed by atoms with Crippen LogP contribution in [0.15, 0.2) is 12.1 Å². The van der Waals surface area contributed by atoms with Gasteiger partial charge in [0.2, 0.25) is 0 Å². The van der Waals surface area contributed by atoms with Crippen molar-refractivity contribution in [3.8, 4) is 0 Å². The van der Waals surface area contributed by atoms with E-state index in [-0.39, 0.29) is 0 Å². The Kier molecular flexibility index (Phi) is 5.25. The Bertz CT molecular complexity index is 360. The Labute approximate surface area is 113 Å². The monoisotopic (exact) mass is 247 g/mol. The van der Waals surface area contributed by atoms with Crippen LogP contribution in [0, 0.1) is 0 Å². The maximum absolute atomic E-state index is 3.57. The van der Waals surface area contributed by atoms with Crippen LogP contribution in [0.1, 0.15) is 82.9 Å². The quantitative estimate of drug-likeness (QED) is 0.725. The third-order valence-electron chi connectivity index (χ3n) is 3.49. The summed E-state index contributed by atoms with van der Waals surface area (Å²) in [6.07, 6.45) is 0. The number of hydrogen-bond acceptors (Lipinski definition) is 1. The number of benzene rings is 1. The van der Waals surface area contributed by atoms with Crippen molar-refractivity contribution in [3.05, 3.63) is 28.8 Å². The lowest BCUT2D eigenvalue weighted by atomic mass is 9.87. The zero-order valence-corrected chi connectivity index (χ0v) is 13.1. The zero-order valence-electron chi connectivity index (χ0n) is 13.1. The first kappa shape index (κ1) is 15.1. The van der Waals surface area contributed by atoms with E-state index >= 15 is 0 Å². The Hall–Kier alpha value is -0.980. The van der Waals surface area contributed by atoms with Gasteiger partial charge >= 0.3 is 0 Å². The third-order valence-corrected chi connectivity index (χ3v) is 3.49. The SMILES string of the molecule is CCNc1c(C(C)C)cc(C(C)C)cc1C(C)C. The van der Waals surface area contributed by atoms with E-state index < -0.39 is 0 Å². The minimum atomic E-state index is 0.565. The van der Waals surface area contributed by atoms with Crippen molar-refractivity contribution in [2.75, 3.05) is 11.9 Å². The van der Waals surface area contributed by atoms with Gasteiger partial charge in [-0.05, 0) is 41.4 Å². The molecule has 1 rings (SSSR count). The summed E-state index contributed by atoms with van der Waals surface area (Å²) >= 11 is 0. The second-order valence-corrected chi connectivity index (χ2v) is 6.07. The molecule has 0 aromatic heterocycles. The normalized spacial score (nSPS) is 11.7. The van der Waals surface area contributed by atoms with Crippen molar-refractivity contribution in [3.63, 3.8) is 0 Å². The van der Waals surface area contributed by atoms with Crippen LogP contribution >= 0.6 is 0 Å². The van der Waals surface area contributed by atoms with Gasteiger partial charge in [0.25, 0.3) is 0 Å². The first-order valence-electron chi connectivity index (χ1n) is 7.30. The molecule has 0 radical (unpaired) electrons. The van der Waals surface area contributed by atoms with Crippen molar-refractivity contribution in [1.82, 2.24) is 0 Å². The number of hydrogen-bond donors (Lipinski definition) is 1. The van der Waals surface area contributed by atoms with E-state index in [0.29, 0.717) is 17.8 Å². The molecule has 1 aromatic rings. The van der Waals surface area contributed by atoms with E-state index in [9.17, 15) is 0 Å². The molecule has 0 saturated heterocycles. The lowest BCUT2D eigenvalue weighted by Crippen LogP contribution is -2.08. The standard InChI is InChI=1S/C17H29N/c1-8-18-17-15(12(4)5)9-14(11(2)3)10-16(17)13(6)7/h9-13,18H,8H2,1-7H3. The highest BCUT2D eigenvalue weighted by molar-refractivity contribution is 5.62. The molecule has 0 saturated carbocycles. The highest BCUT2D eigenvalue weighted by Gasteiger charge is 2.16. The molecule has 0 aliphatic carbocycles. The van der Waals surface area contributed by atoms with Crippen molar-refractivity contribution in [2.45, 2.75) is 66.2 Å². The first-order chi connectivity index (χ1) is 8.38. The lowest BCUT2D eigenvalue weighted by molar-refractivity contribution is 0.805. The van der Waals surface area contributed by atoms with Crippen LogP contribution in [0.3, 0.4) is 0 Å². The van der Waals surface area contributed by atoms with E-state index in [4.69, 9.17) is 0 Å². The van der Waals surface area contributed by atoms with Gasteiger partial charge in [-0.1, -0.05) is 53.7 Å². The molecule has 1 aromatic carbocycles. The van der Waals surface area contributed by atoms with Gasteiger partial charge in [0.05, 0.1) is 0 Å². The van der Waals surface area contributed by atoms with Crippen LogP contribution in [-0.2, 0) is 0 Å². The minimum absolute atomic E-state index is 0.565. The van der Waals surface area contributed by atoms with E-state index in [2.05, 4.69) is 65.9 Å². The highest BCUT2D eigenvalue weighted by Crippen LogP contribution is 2.35. The molecule has 18 heavy (non-hydrogen) atoms. The van der Waals surface area contributed by atoms with Gasteiger partial charge in [0, 0.05) is 12.2 Å². The Balaban J connectivity index is 3.44. The topological polar surface area (TPSA) is 12.0 Å². The first-order valence-corrected chi connectivity index (χ1v) is 7.30. The molecule has 0 aliphatic rings. The average molecular weight is 247 g/mol. The van der Waals surface area contributed by atoms with E-state index in [1.807, 2.05) is 0 Å². The minimum Gasteiger partial charge on any atom is -0.385 e. The molecule has 1 N–H and O–H groups in total. The molecule has 0 bridgehead atoms. The molecular weight excluding hydrogens is 218 g/mol. The van der Waals surface area contributed by atoms with Crippen LogP contribution in [0.2, 0.25) is 0 Å². The molecule has 0 spiro atoms. The van der Waals surface area contributed by atoms with Gasteiger partial charge in [-0.2, -0.15) is 0 Å². The summed E-state index contributed by atoms with van der Waals surface area (Å²) < 4.78 is 0. The Morgan fingerprint density at radius 2 is 1.28 bits per heavy atom. The molecule has 0 fully saturated rings. The van der Waals surface area contributed by atoms with Crippen LogP contribution in [0.5, 0.6) is 0 Å². The Morgan fingerprint density at radius 3 is 1.56 bits per heavy atom. The second-order valence-electron chi connectivity index (χ2n) is 6.07. The van der Waals surface area contributed by atoms with Crippen LogP contribution in [-0.4, -0.2) is 6.54 Å². The van der Waals surface area contributed by atoms with Crippen LogP contribution < -0.4 is 5.32 Å². The maximum atomic E-state index is 3.57. The smallest absolute Gasteiger partial charge is 0.0410 e. The molecule has 1 nitrogen and oxygen atoms in total. The lowest BCUT2D eigenvalue weighted by Gasteiger charge is -2.23. The molecule has 0 heterocycles. The summed E-state index contributed by atoms with van der Waals surface area (Å²) in [4.78, 5) is 0. The number of anilines is 1. The molecule has 0 amide bonds. The highest BCUT2D eigenvalue weighted by atomic mass is 14.9. The summed E-state index contributed by atoms with van der Waals surface area (Å²) in [5, 5.41) is 3.57. The fourth-order valence-corrected chi connectivity index (χ4v) is 2.34. The predicted octanol–water partition coefficient (Wildman–Crippen LogP) is 5.49. The summed E-state index contributed by atoms with van der Waals surface area (Å²) in [7, 11) is 0. The summed E-state index contributed by atoms with van der Waals surface area (Å²) in [5.41, 5.74) is 5.76. The van der Waals surface area contributed by atoms with Gasteiger partial charge < -0.3 is 5.32 Å². The van der Waals surface area contributed by atoms with Gasteiger partial charge in [0.1, 0.15) is 0 Å². The maximum Gasteiger partial charge on any atom is 0.0410 e. The van der Waals surface area contributed by atoms with E-state index in [0.717, 1.165) is 6.54 Å². The zero-order chi connectivity index (χ0) is 13.9. The van der Waals surface area contributed by atoms with Gasteiger partial charge in [-0.3, -0.25) is 0 Å². The third kappa shape index (κ3) is 3.28. The molecule has 0 atom stereocenters. The molecule has 0 unspecified atom stereocenters. The van der Waals surface area contributed by atoms with Crippen molar-refractivity contribution < 1.29 is 0 Å². The summed E-state index contributed by atoms with van der Waals surface area (Å²) in [6, 6.07) is 4.78. The summed E-state index contributed by atoms with van der Waals surface area (Å²) in [5.74, 6) is 1.72. The largest absolute Gasteiger partial charge is 0.385 e. The van der Waals surface area contributed by atoms with Crippen molar-refractivity contribution in [1.29, 1.82) is 0 Å². The number of nitrogens with one attached hydrogen (secondary N) is 1. The van der Waals surface area contributed by atoms with Crippen LogP contribution in [0.25, 0.3) is 0 Å². The predicted molar refractivity (Wildman–Crippen MR) is 82.9 cm³/mol. The van der Waals surface area contributed by atoms with E-state index in [1.54, 1.807) is 0 Å². The average Bonchev–Trinajstić information content (AvgIpc) is 2.28. The molecule has 102 valence electrons. The van der Waals surface area contributed by atoms with Crippen molar-refractivity contribution in [2.24, 2.45) is 0 Å². The fraction of sp³-hybridized carbons (Fsp3) is 0.647. The van der Waals surface area contributed by atoms with Crippen molar-refractivity contribution >= 4 is 5.69 Å². The molecular formula is C17H29N. The molecule has 1 heteroatoms. The Morgan fingerprint density at radius 1 is 0.833 bits per heavy atom.